The van der Waals surface area contributed by atoms with Gasteiger partial charge in [-0.3, -0.25) is 0 Å². The Labute approximate surface area is 74.1 Å². The number of fused-ring (bicyclic) bond motifs is 1. The molecule has 1 heteroatoms. The molecule has 2 rings (SSSR count). The molecule has 64 valence electrons. The van der Waals surface area contributed by atoms with Gasteiger partial charge in [0.05, 0.1) is 0 Å². The van der Waals surface area contributed by atoms with Gasteiger partial charge < -0.3 is 0 Å². The minimum absolute atomic E-state index is 0.597. The van der Waals surface area contributed by atoms with Gasteiger partial charge in [-0.05, 0) is 25.2 Å². The van der Waals surface area contributed by atoms with Crippen molar-refractivity contribution in [1.82, 2.24) is 0 Å². The summed E-state index contributed by atoms with van der Waals surface area (Å²) in [4.78, 5) is 0. The summed E-state index contributed by atoms with van der Waals surface area (Å²) in [5.74, 6) is 1.07. The molecule has 1 aliphatic carbocycles. The molecule has 2 fully saturated rings. The molecule has 1 saturated heterocycles. The molecule has 1 aliphatic heterocycles. The molecule has 0 radical (unpaired) electrons. The first-order chi connectivity index (χ1) is 5.17. The minimum atomic E-state index is 0.597. The van der Waals surface area contributed by atoms with Crippen LogP contribution >= 0.6 is 11.8 Å². The normalized spacial score (nSPS) is 42.0. The van der Waals surface area contributed by atoms with E-state index in [9.17, 15) is 0 Å². The Kier molecular flexibility index (Phi) is 1.95. The SMILES string of the molecule is CC1(C)CC2CCCCC2S1. The van der Waals surface area contributed by atoms with Gasteiger partial charge in [-0.25, -0.2) is 0 Å². The van der Waals surface area contributed by atoms with E-state index in [0.29, 0.717) is 4.75 Å². The third-order valence-electron chi connectivity index (χ3n) is 3.06. The number of hydrogen-bond donors (Lipinski definition) is 0. The first-order valence-electron chi connectivity index (χ1n) is 4.85. The van der Waals surface area contributed by atoms with E-state index in [4.69, 9.17) is 0 Å². The van der Waals surface area contributed by atoms with Gasteiger partial charge in [0.2, 0.25) is 0 Å². The number of thioether (sulfide) groups is 1. The van der Waals surface area contributed by atoms with Crippen LogP contribution in [0.25, 0.3) is 0 Å². The molecule has 1 heterocycles. The Hall–Kier alpha value is 0.350. The Morgan fingerprint density at radius 1 is 1.18 bits per heavy atom. The van der Waals surface area contributed by atoms with Crippen LogP contribution in [0.4, 0.5) is 0 Å². The Bertz CT molecular complexity index is 135. The maximum Gasteiger partial charge on any atom is 0.0109 e. The van der Waals surface area contributed by atoms with Crippen LogP contribution in [-0.4, -0.2) is 10.00 Å². The lowest BCUT2D eigenvalue weighted by atomic mass is 9.84. The summed E-state index contributed by atoms with van der Waals surface area (Å²) in [7, 11) is 0. The van der Waals surface area contributed by atoms with Crippen molar-refractivity contribution in [3.05, 3.63) is 0 Å². The third-order valence-corrected chi connectivity index (χ3v) is 4.79. The molecule has 1 saturated carbocycles. The van der Waals surface area contributed by atoms with Gasteiger partial charge in [-0.15, -0.1) is 0 Å². The predicted molar refractivity (Wildman–Crippen MR) is 52.0 cm³/mol. The molecule has 0 nitrogen and oxygen atoms in total. The summed E-state index contributed by atoms with van der Waals surface area (Å²) in [5.41, 5.74) is 0. The molecule has 0 amide bonds. The molecule has 0 spiro atoms. The van der Waals surface area contributed by atoms with Crippen molar-refractivity contribution in [3.63, 3.8) is 0 Å². The third kappa shape index (κ3) is 1.58. The van der Waals surface area contributed by atoms with Crippen molar-refractivity contribution in [1.29, 1.82) is 0 Å². The van der Waals surface area contributed by atoms with E-state index in [0.717, 1.165) is 11.2 Å². The highest BCUT2D eigenvalue weighted by atomic mass is 32.2. The predicted octanol–water partition coefficient (Wildman–Crippen LogP) is 3.46. The molecule has 0 aromatic heterocycles. The van der Waals surface area contributed by atoms with E-state index in [1.165, 1.54) is 32.1 Å². The zero-order chi connectivity index (χ0) is 7.90. The van der Waals surface area contributed by atoms with E-state index in [1.807, 2.05) is 0 Å². The summed E-state index contributed by atoms with van der Waals surface area (Å²) >= 11 is 2.25. The number of hydrogen-bond acceptors (Lipinski definition) is 1. The summed E-state index contributed by atoms with van der Waals surface area (Å²) in [6, 6.07) is 0. The first kappa shape index (κ1) is 7.97. The van der Waals surface area contributed by atoms with Crippen molar-refractivity contribution in [3.8, 4) is 0 Å². The second-order valence-corrected chi connectivity index (χ2v) is 6.61. The number of rotatable bonds is 0. The molecule has 0 aromatic carbocycles. The van der Waals surface area contributed by atoms with Gasteiger partial charge in [0, 0.05) is 10.00 Å². The molecule has 0 bridgehead atoms. The van der Waals surface area contributed by atoms with Gasteiger partial charge in [-0.2, -0.15) is 11.8 Å². The van der Waals surface area contributed by atoms with Crippen molar-refractivity contribution in [2.75, 3.05) is 0 Å². The molecule has 2 atom stereocenters. The van der Waals surface area contributed by atoms with Crippen molar-refractivity contribution >= 4 is 11.8 Å². The lowest BCUT2D eigenvalue weighted by molar-refractivity contribution is 0.353. The van der Waals surface area contributed by atoms with Crippen LogP contribution in [0.2, 0.25) is 0 Å². The summed E-state index contributed by atoms with van der Waals surface area (Å²) in [6.07, 6.45) is 7.48. The monoisotopic (exact) mass is 170 g/mol. The van der Waals surface area contributed by atoms with Gasteiger partial charge in [0.1, 0.15) is 0 Å². The van der Waals surface area contributed by atoms with E-state index in [1.54, 1.807) is 0 Å². The molecule has 0 N–H and O–H groups in total. The summed E-state index contributed by atoms with van der Waals surface area (Å²) in [6.45, 7) is 4.83. The zero-order valence-corrected chi connectivity index (χ0v) is 8.41. The molecule has 11 heavy (non-hydrogen) atoms. The fourth-order valence-corrected chi connectivity index (χ4v) is 4.49. The highest BCUT2D eigenvalue weighted by Crippen LogP contribution is 2.51. The first-order valence-corrected chi connectivity index (χ1v) is 5.73. The Morgan fingerprint density at radius 3 is 2.64 bits per heavy atom. The minimum Gasteiger partial charge on any atom is -0.152 e. The van der Waals surface area contributed by atoms with Crippen LogP contribution in [-0.2, 0) is 0 Å². The smallest absolute Gasteiger partial charge is 0.0109 e. The second-order valence-electron chi connectivity index (χ2n) is 4.66. The quantitative estimate of drug-likeness (QED) is 0.536. The highest BCUT2D eigenvalue weighted by Gasteiger charge is 2.40. The van der Waals surface area contributed by atoms with E-state index >= 15 is 0 Å². The average molecular weight is 170 g/mol. The van der Waals surface area contributed by atoms with Gasteiger partial charge in [-0.1, -0.05) is 26.7 Å². The molecule has 2 aliphatic rings. The standard InChI is InChI=1S/C10H18S/c1-10(2)7-8-5-3-4-6-9(8)11-10/h8-9H,3-7H2,1-2H3. The van der Waals surface area contributed by atoms with Gasteiger partial charge >= 0.3 is 0 Å². The maximum atomic E-state index is 2.41. The zero-order valence-electron chi connectivity index (χ0n) is 7.60. The topological polar surface area (TPSA) is 0 Å². The lowest BCUT2D eigenvalue weighted by Crippen LogP contribution is -2.16. The van der Waals surface area contributed by atoms with Crippen LogP contribution < -0.4 is 0 Å². The van der Waals surface area contributed by atoms with Crippen LogP contribution in [0.1, 0.15) is 46.0 Å². The van der Waals surface area contributed by atoms with E-state index < -0.39 is 0 Å². The van der Waals surface area contributed by atoms with Crippen molar-refractivity contribution in [2.24, 2.45) is 5.92 Å². The van der Waals surface area contributed by atoms with E-state index in [-0.39, 0.29) is 0 Å². The Morgan fingerprint density at radius 2 is 1.91 bits per heavy atom. The maximum absolute atomic E-state index is 2.41. The lowest BCUT2D eigenvalue weighted by Gasteiger charge is -2.23. The Balaban J connectivity index is 2.03. The fourth-order valence-electron chi connectivity index (χ4n) is 2.65. The van der Waals surface area contributed by atoms with Crippen LogP contribution in [0.5, 0.6) is 0 Å². The molecule has 2 unspecified atom stereocenters. The van der Waals surface area contributed by atoms with Crippen LogP contribution in [0, 0.1) is 5.92 Å². The molecular formula is C10H18S. The van der Waals surface area contributed by atoms with Gasteiger partial charge in [0.15, 0.2) is 0 Å². The van der Waals surface area contributed by atoms with Crippen molar-refractivity contribution < 1.29 is 0 Å². The van der Waals surface area contributed by atoms with Crippen LogP contribution in [0.15, 0.2) is 0 Å². The molecular weight excluding hydrogens is 152 g/mol. The summed E-state index contributed by atoms with van der Waals surface area (Å²) in [5, 5.41) is 1.03. The molecule has 0 aromatic rings. The van der Waals surface area contributed by atoms with E-state index in [2.05, 4.69) is 25.6 Å². The van der Waals surface area contributed by atoms with Gasteiger partial charge in [0.25, 0.3) is 0 Å². The largest absolute Gasteiger partial charge is 0.152 e. The van der Waals surface area contributed by atoms with Crippen molar-refractivity contribution in [2.45, 2.75) is 55.9 Å². The average Bonchev–Trinajstić information content (AvgIpc) is 2.21. The fraction of sp³-hybridized carbons (Fsp3) is 1.00. The highest BCUT2D eigenvalue weighted by molar-refractivity contribution is 8.01. The second kappa shape index (κ2) is 2.69. The van der Waals surface area contributed by atoms with Crippen LogP contribution in [0.3, 0.4) is 0 Å². The summed E-state index contributed by atoms with van der Waals surface area (Å²) < 4.78 is 0.597.